The van der Waals surface area contributed by atoms with Crippen molar-refractivity contribution in [1.29, 1.82) is 0 Å². The van der Waals surface area contributed by atoms with Crippen LogP contribution in [0, 0.1) is 5.92 Å². The van der Waals surface area contributed by atoms with Crippen LogP contribution in [-0.4, -0.2) is 53.0 Å². The third kappa shape index (κ3) is 6.06. The third-order valence-electron chi connectivity index (χ3n) is 7.85. The second kappa shape index (κ2) is 12.0. The van der Waals surface area contributed by atoms with Gasteiger partial charge in [0.1, 0.15) is 18.2 Å². The van der Waals surface area contributed by atoms with Gasteiger partial charge in [-0.25, -0.2) is 9.97 Å². The lowest BCUT2D eigenvalue weighted by Gasteiger charge is -2.45. The van der Waals surface area contributed by atoms with Crippen molar-refractivity contribution in [3.63, 3.8) is 0 Å². The fraction of sp³-hybridized carbons (Fsp3) is 0.607. The molecule has 204 valence electrons. The maximum Gasteiger partial charge on any atom is 0.233 e. The average molecular weight is 530 g/mol. The van der Waals surface area contributed by atoms with E-state index in [9.17, 15) is 15.0 Å². The lowest BCUT2D eigenvalue weighted by molar-refractivity contribution is 0.0941. The summed E-state index contributed by atoms with van der Waals surface area (Å²) in [4.78, 5) is 21.7. The topological polar surface area (TPSA) is 118 Å². The number of nitrogens with zero attached hydrogens (tertiary/aromatic N) is 2. The van der Waals surface area contributed by atoms with E-state index in [1.165, 1.54) is 24.9 Å². The Morgan fingerprint density at radius 2 is 1.86 bits per heavy atom. The highest BCUT2D eigenvalue weighted by atomic mass is 28.4. The van der Waals surface area contributed by atoms with Crippen molar-refractivity contribution in [3.05, 3.63) is 53.9 Å². The van der Waals surface area contributed by atoms with Gasteiger partial charge in [-0.05, 0) is 48.0 Å². The second-order valence-corrected chi connectivity index (χ2v) is 16.7. The van der Waals surface area contributed by atoms with Crippen LogP contribution in [0.5, 0.6) is 0 Å². The molecule has 37 heavy (non-hydrogen) atoms. The molecule has 0 amide bonds. The molecular weight excluding hydrogens is 486 g/mol. The summed E-state index contributed by atoms with van der Waals surface area (Å²) in [6.45, 7) is 19.1. The highest BCUT2D eigenvalue weighted by Gasteiger charge is 2.49. The number of nitrogens with one attached hydrogen (secondary N) is 1. The van der Waals surface area contributed by atoms with E-state index in [1.54, 1.807) is 6.92 Å². The van der Waals surface area contributed by atoms with Crippen LogP contribution >= 0.6 is 0 Å². The van der Waals surface area contributed by atoms with E-state index < -0.39 is 14.4 Å². The molecule has 3 rings (SSSR count). The van der Waals surface area contributed by atoms with Gasteiger partial charge in [-0.15, -0.1) is 0 Å². The van der Waals surface area contributed by atoms with Crippen molar-refractivity contribution in [2.24, 2.45) is 5.92 Å². The van der Waals surface area contributed by atoms with Crippen molar-refractivity contribution >= 4 is 19.9 Å². The SMILES string of the molecule is C=C(C)C(O)c1coc(C(=O)c2cncnc2N[C@@H]2C[C@H](CO)[C@@H](O[Si](C(C)C)(C(C)C)C(C)C)C2)c1. The zero-order valence-corrected chi connectivity index (χ0v) is 24.2. The normalized spacial score (nSPS) is 21.1. The fourth-order valence-corrected chi connectivity index (χ4v) is 11.7. The molecule has 1 aliphatic rings. The number of carbonyl (C=O) groups is 1. The predicted octanol–water partition coefficient (Wildman–Crippen LogP) is 5.65. The van der Waals surface area contributed by atoms with Crippen LogP contribution in [-0.2, 0) is 4.43 Å². The highest BCUT2D eigenvalue weighted by Crippen LogP contribution is 2.46. The van der Waals surface area contributed by atoms with E-state index in [2.05, 4.69) is 63.4 Å². The van der Waals surface area contributed by atoms with E-state index in [4.69, 9.17) is 8.84 Å². The first-order valence-corrected chi connectivity index (χ1v) is 15.4. The second-order valence-electron chi connectivity index (χ2n) is 11.3. The van der Waals surface area contributed by atoms with Gasteiger partial charge in [0.05, 0.1) is 17.9 Å². The predicted molar refractivity (Wildman–Crippen MR) is 147 cm³/mol. The molecule has 0 spiro atoms. The van der Waals surface area contributed by atoms with Crippen molar-refractivity contribution < 1.29 is 23.9 Å². The quantitative estimate of drug-likeness (QED) is 0.183. The van der Waals surface area contributed by atoms with Crippen LogP contribution in [0.2, 0.25) is 16.6 Å². The van der Waals surface area contributed by atoms with Crippen LogP contribution < -0.4 is 5.32 Å². The van der Waals surface area contributed by atoms with Crippen molar-refractivity contribution in [2.75, 3.05) is 11.9 Å². The molecule has 0 bridgehead atoms. The van der Waals surface area contributed by atoms with Crippen molar-refractivity contribution in [3.8, 4) is 0 Å². The van der Waals surface area contributed by atoms with E-state index in [0.29, 0.717) is 40.0 Å². The molecule has 1 aliphatic carbocycles. The lowest BCUT2D eigenvalue weighted by atomic mass is 10.1. The number of aromatic nitrogens is 2. The van der Waals surface area contributed by atoms with Gasteiger partial charge in [0.2, 0.25) is 14.1 Å². The summed E-state index contributed by atoms with van der Waals surface area (Å²) >= 11 is 0. The van der Waals surface area contributed by atoms with E-state index >= 15 is 0 Å². The smallest absolute Gasteiger partial charge is 0.233 e. The first kappa shape index (κ1) is 29.2. The van der Waals surface area contributed by atoms with Gasteiger partial charge >= 0.3 is 0 Å². The number of anilines is 1. The Morgan fingerprint density at radius 1 is 1.22 bits per heavy atom. The monoisotopic (exact) mass is 529 g/mol. The Morgan fingerprint density at radius 3 is 2.43 bits per heavy atom. The van der Waals surface area contributed by atoms with Gasteiger partial charge in [-0.3, -0.25) is 4.79 Å². The summed E-state index contributed by atoms with van der Waals surface area (Å²) in [6.07, 6.45) is 4.71. The van der Waals surface area contributed by atoms with Crippen LogP contribution in [0.3, 0.4) is 0 Å². The Balaban J connectivity index is 1.80. The molecule has 0 radical (unpaired) electrons. The molecule has 2 aromatic rings. The van der Waals surface area contributed by atoms with Gasteiger partial charge < -0.3 is 24.4 Å². The summed E-state index contributed by atoms with van der Waals surface area (Å²) in [6, 6.07) is 1.51. The number of ketones is 1. The number of hydrogen-bond donors (Lipinski definition) is 3. The third-order valence-corrected chi connectivity index (χ3v) is 14.0. The lowest BCUT2D eigenvalue weighted by Crippen LogP contribution is -2.51. The molecule has 2 heterocycles. The van der Waals surface area contributed by atoms with Crippen LogP contribution in [0.25, 0.3) is 0 Å². The molecule has 1 saturated carbocycles. The zero-order valence-electron chi connectivity index (χ0n) is 23.2. The Labute approximate surface area is 221 Å². The number of aliphatic hydroxyl groups is 2. The molecule has 1 unspecified atom stereocenters. The number of aliphatic hydroxyl groups excluding tert-OH is 2. The largest absolute Gasteiger partial charge is 0.460 e. The van der Waals surface area contributed by atoms with Gasteiger partial charge in [-0.2, -0.15) is 0 Å². The van der Waals surface area contributed by atoms with Crippen molar-refractivity contribution in [1.82, 2.24) is 9.97 Å². The van der Waals surface area contributed by atoms with Crippen LogP contribution in [0.1, 0.15) is 89.1 Å². The molecule has 0 saturated heterocycles. The number of rotatable bonds is 12. The van der Waals surface area contributed by atoms with E-state index in [0.717, 1.165) is 6.42 Å². The minimum atomic E-state index is -2.12. The number of carbonyl (C=O) groups excluding carboxylic acids is 1. The van der Waals surface area contributed by atoms with Crippen molar-refractivity contribution in [2.45, 2.75) is 96.2 Å². The summed E-state index contributed by atoms with van der Waals surface area (Å²) < 4.78 is 12.5. The Bertz CT molecular complexity index is 1060. The maximum absolute atomic E-state index is 13.3. The standard InChI is InChI=1S/C28H43N3O5Si/c1-16(2)26(33)21-10-25(35-14-21)27(34)23-12-29-15-30-28(23)31-22-9-20(13-32)24(11-22)36-37(17(3)4,18(5)6)19(7)8/h10,12,14-15,17-20,22,24,26,32-33H,1,9,11,13H2,2-8H3,(H,29,30,31)/t20-,22-,24+,26?/m1/s1. The summed E-state index contributed by atoms with van der Waals surface area (Å²) in [5.41, 5.74) is 2.66. The molecule has 9 heteroatoms. The van der Waals surface area contributed by atoms with Gasteiger partial charge in [0, 0.05) is 30.3 Å². The van der Waals surface area contributed by atoms with Crippen LogP contribution in [0.4, 0.5) is 5.82 Å². The zero-order chi connectivity index (χ0) is 27.5. The Hall–Kier alpha value is -2.33. The molecule has 8 nitrogen and oxygen atoms in total. The summed E-state index contributed by atoms with van der Waals surface area (Å²) in [5.74, 6) is 0.146. The molecule has 1 fully saturated rings. The summed E-state index contributed by atoms with van der Waals surface area (Å²) in [7, 11) is -2.12. The summed E-state index contributed by atoms with van der Waals surface area (Å²) in [5, 5.41) is 23.8. The molecule has 2 aromatic heterocycles. The van der Waals surface area contributed by atoms with E-state index in [-0.39, 0.29) is 41.8 Å². The average Bonchev–Trinajstić information content (AvgIpc) is 3.48. The minimum Gasteiger partial charge on any atom is -0.460 e. The van der Waals surface area contributed by atoms with Gasteiger partial charge in [-0.1, -0.05) is 48.1 Å². The van der Waals surface area contributed by atoms with Gasteiger partial charge in [0.15, 0.2) is 5.76 Å². The van der Waals surface area contributed by atoms with Crippen LogP contribution in [0.15, 0.2) is 41.4 Å². The highest BCUT2D eigenvalue weighted by molar-refractivity contribution is 6.77. The Kier molecular flexibility index (Phi) is 9.50. The maximum atomic E-state index is 13.3. The molecule has 3 N–H and O–H groups in total. The molecule has 0 aromatic carbocycles. The number of hydrogen-bond acceptors (Lipinski definition) is 8. The van der Waals surface area contributed by atoms with Gasteiger partial charge in [0.25, 0.3) is 0 Å². The first-order valence-electron chi connectivity index (χ1n) is 13.2. The fourth-order valence-electron chi connectivity index (χ4n) is 6.05. The number of furan rings is 1. The molecule has 0 aliphatic heterocycles. The first-order chi connectivity index (χ1) is 17.4. The molecular formula is C28H43N3O5Si. The van der Waals surface area contributed by atoms with E-state index in [1.807, 2.05) is 0 Å². The molecule has 4 atom stereocenters. The minimum absolute atomic E-state index is 0.0119.